The van der Waals surface area contributed by atoms with Gasteiger partial charge in [0, 0.05) is 0 Å². The molecule has 1 unspecified atom stereocenters. The van der Waals surface area contributed by atoms with E-state index in [1.54, 1.807) is 0 Å². The lowest BCUT2D eigenvalue weighted by molar-refractivity contribution is -0.140. The van der Waals surface area contributed by atoms with Gasteiger partial charge in [-0.15, -0.1) is 0 Å². The average Bonchev–Trinajstić information content (AvgIpc) is 2.67. The van der Waals surface area contributed by atoms with Crippen LogP contribution in [0.15, 0.2) is 24.3 Å². The minimum Gasteiger partial charge on any atom is -0.469 e. The number of methoxy groups -OCH3 is 1. The number of hydrogen-bond acceptors (Lipinski definition) is 4. The molecule has 0 spiro atoms. The minimum absolute atomic E-state index is 0.0924. The molecule has 22 heavy (non-hydrogen) atoms. The van der Waals surface area contributed by atoms with E-state index in [0.29, 0.717) is 6.42 Å². The van der Waals surface area contributed by atoms with Gasteiger partial charge in [-0.2, -0.15) is 0 Å². The van der Waals surface area contributed by atoms with Gasteiger partial charge in [0.05, 0.1) is 24.7 Å². The van der Waals surface area contributed by atoms with E-state index >= 15 is 0 Å². The second kappa shape index (κ2) is 6.05. The molecule has 1 aromatic rings. The normalized spacial score (nSPS) is 20.7. The Morgan fingerprint density at radius 1 is 1.23 bits per heavy atom. The van der Waals surface area contributed by atoms with Crippen molar-refractivity contribution in [3.05, 3.63) is 29.8 Å². The van der Waals surface area contributed by atoms with E-state index in [4.69, 9.17) is 14.0 Å². The zero-order valence-electron chi connectivity index (χ0n) is 14.3. The number of benzene rings is 1. The fraction of sp³-hybridized carbons (Fsp3) is 0.588. The number of rotatable bonds is 4. The summed E-state index contributed by atoms with van der Waals surface area (Å²) in [5.74, 6) is -0.108. The Labute approximate surface area is 133 Å². The smallest absolute Gasteiger partial charge is 0.469 e. The summed E-state index contributed by atoms with van der Waals surface area (Å²) >= 11 is 0. The summed E-state index contributed by atoms with van der Waals surface area (Å²) in [6.07, 6.45) is 0.364. The molecular weight excluding hydrogens is 279 g/mol. The van der Waals surface area contributed by atoms with E-state index in [1.807, 2.05) is 52.8 Å². The van der Waals surface area contributed by atoms with Crippen molar-refractivity contribution in [1.82, 2.24) is 0 Å². The van der Waals surface area contributed by atoms with Crippen molar-refractivity contribution in [3.8, 4) is 0 Å². The van der Waals surface area contributed by atoms with Crippen LogP contribution in [0.4, 0.5) is 0 Å². The molecule has 4 nitrogen and oxygen atoms in total. The molecule has 0 aliphatic carbocycles. The molecule has 1 saturated heterocycles. The van der Waals surface area contributed by atoms with Gasteiger partial charge in [-0.25, -0.2) is 0 Å². The predicted octanol–water partition coefficient (Wildman–Crippen LogP) is 2.65. The molecule has 1 aliphatic heterocycles. The Hall–Kier alpha value is -1.33. The Bertz CT molecular complexity index is 537. The van der Waals surface area contributed by atoms with Crippen molar-refractivity contribution < 1.29 is 18.8 Å². The zero-order chi connectivity index (χ0) is 16.5. The number of ether oxygens (including phenoxy) is 1. The third kappa shape index (κ3) is 3.36. The fourth-order valence-corrected chi connectivity index (χ4v) is 2.44. The summed E-state index contributed by atoms with van der Waals surface area (Å²) in [6.45, 7) is 10.2. The van der Waals surface area contributed by atoms with E-state index < -0.39 is 0 Å². The van der Waals surface area contributed by atoms with Crippen molar-refractivity contribution in [3.63, 3.8) is 0 Å². The molecule has 5 heteroatoms. The van der Waals surface area contributed by atoms with Crippen molar-refractivity contribution in [2.24, 2.45) is 0 Å². The van der Waals surface area contributed by atoms with E-state index in [-0.39, 0.29) is 30.2 Å². The van der Waals surface area contributed by atoms with Gasteiger partial charge in [0.2, 0.25) is 0 Å². The highest BCUT2D eigenvalue weighted by molar-refractivity contribution is 6.62. The Morgan fingerprint density at radius 2 is 1.82 bits per heavy atom. The zero-order valence-corrected chi connectivity index (χ0v) is 14.3. The number of esters is 1. The molecule has 0 aromatic heterocycles. The average molecular weight is 304 g/mol. The largest absolute Gasteiger partial charge is 0.494 e. The first-order chi connectivity index (χ1) is 10.2. The van der Waals surface area contributed by atoms with Crippen molar-refractivity contribution in [2.75, 3.05) is 7.11 Å². The van der Waals surface area contributed by atoms with Crippen molar-refractivity contribution in [1.29, 1.82) is 0 Å². The third-order valence-electron chi connectivity index (χ3n) is 4.71. The standard InChI is InChI=1S/C17H25BO4/c1-12(10-15(19)20-6)13-8-7-9-14(11-13)18-21-16(2,3)17(4,5)22-18/h7-9,11-12H,10H2,1-6H3. The first-order valence-corrected chi connectivity index (χ1v) is 7.68. The van der Waals surface area contributed by atoms with Gasteiger partial charge in [-0.1, -0.05) is 31.2 Å². The van der Waals surface area contributed by atoms with Crippen LogP contribution in [0.2, 0.25) is 0 Å². The number of carbonyl (C=O) groups excluding carboxylic acids is 1. The molecular formula is C17H25BO4. The van der Waals surface area contributed by atoms with Gasteiger partial charge in [0.25, 0.3) is 0 Å². The van der Waals surface area contributed by atoms with Gasteiger partial charge < -0.3 is 14.0 Å². The lowest BCUT2D eigenvalue weighted by atomic mass is 9.77. The van der Waals surface area contributed by atoms with Crippen LogP contribution in [0.1, 0.15) is 52.5 Å². The van der Waals surface area contributed by atoms with Crippen LogP contribution in [-0.2, 0) is 18.8 Å². The Kier molecular flexibility index (Phi) is 4.69. The summed E-state index contributed by atoms with van der Waals surface area (Å²) in [5.41, 5.74) is 1.35. The van der Waals surface area contributed by atoms with E-state index in [0.717, 1.165) is 11.0 Å². The first-order valence-electron chi connectivity index (χ1n) is 7.68. The number of carbonyl (C=O) groups is 1. The second-order valence-corrected chi connectivity index (χ2v) is 6.94. The maximum absolute atomic E-state index is 11.4. The van der Waals surface area contributed by atoms with Crippen LogP contribution in [0, 0.1) is 0 Å². The maximum atomic E-state index is 11.4. The van der Waals surface area contributed by atoms with Crippen molar-refractivity contribution >= 4 is 18.6 Å². The Morgan fingerprint density at radius 3 is 2.36 bits per heavy atom. The highest BCUT2D eigenvalue weighted by atomic mass is 16.7. The van der Waals surface area contributed by atoms with Crippen LogP contribution in [-0.4, -0.2) is 31.4 Å². The van der Waals surface area contributed by atoms with E-state index in [9.17, 15) is 4.79 Å². The van der Waals surface area contributed by atoms with E-state index in [2.05, 4.69) is 6.07 Å². The predicted molar refractivity (Wildman–Crippen MR) is 87.2 cm³/mol. The summed E-state index contributed by atoms with van der Waals surface area (Å²) < 4.78 is 16.9. The van der Waals surface area contributed by atoms with E-state index in [1.165, 1.54) is 7.11 Å². The molecule has 1 heterocycles. The molecule has 2 rings (SSSR count). The van der Waals surface area contributed by atoms with Crippen LogP contribution in [0.5, 0.6) is 0 Å². The lowest BCUT2D eigenvalue weighted by Gasteiger charge is -2.32. The molecule has 0 bridgehead atoms. The summed E-state index contributed by atoms with van der Waals surface area (Å²) in [6, 6.07) is 8.04. The maximum Gasteiger partial charge on any atom is 0.494 e. The van der Waals surface area contributed by atoms with Crippen molar-refractivity contribution in [2.45, 2.75) is 58.2 Å². The quantitative estimate of drug-likeness (QED) is 0.634. The van der Waals surface area contributed by atoms with Crippen LogP contribution >= 0.6 is 0 Å². The molecule has 0 saturated carbocycles. The topological polar surface area (TPSA) is 44.8 Å². The van der Waals surface area contributed by atoms with Crippen LogP contribution < -0.4 is 5.46 Å². The van der Waals surface area contributed by atoms with Gasteiger partial charge >= 0.3 is 13.1 Å². The lowest BCUT2D eigenvalue weighted by Crippen LogP contribution is -2.41. The molecule has 1 atom stereocenters. The van der Waals surface area contributed by atoms with Gasteiger partial charge in [-0.05, 0) is 44.6 Å². The molecule has 1 aromatic carbocycles. The molecule has 1 aliphatic rings. The number of hydrogen-bond donors (Lipinski definition) is 0. The summed E-state index contributed by atoms with van der Waals surface area (Å²) in [4.78, 5) is 11.4. The molecule has 0 amide bonds. The fourth-order valence-electron chi connectivity index (χ4n) is 2.44. The highest BCUT2D eigenvalue weighted by Crippen LogP contribution is 2.36. The monoisotopic (exact) mass is 304 g/mol. The summed E-state index contributed by atoms with van der Waals surface area (Å²) in [7, 11) is 1.03. The highest BCUT2D eigenvalue weighted by Gasteiger charge is 2.51. The first kappa shape index (κ1) is 17.0. The molecule has 0 radical (unpaired) electrons. The molecule has 1 fully saturated rings. The van der Waals surface area contributed by atoms with Crippen LogP contribution in [0.25, 0.3) is 0 Å². The van der Waals surface area contributed by atoms with Gasteiger partial charge in [0.1, 0.15) is 0 Å². The molecule has 120 valence electrons. The van der Waals surface area contributed by atoms with Gasteiger partial charge in [-0.3, -0.25) is 4.79 Å². The van der Waals surface area contributed by atoms with Crippen LogP contribution in [0.3, 0.4) is 0 Å². The second-order valence-electron chi connectivity index (χ2n) is 6.94. The molecule has 0 N–H and O–H groups in total. The SMILES string of the molecule is COC(=O)CC(C)c1cccc(B2OC(C)(C)C(C)(C)O2)c1. The third-order valence-corrected chi connectivity index (χ3v) is 4.71. The minimum atomic E-state index is -0.379. The Balaban J connectivity index is 2.18. The summed E-state index contributed by atoms with van der Waals surface area (Å²) in [5, 5.41) is 0. The van der Waals surface area contributed by atoms with Gasteiger partial charge in [0.15, 0.2) is 0 Å².